The average molecular weight is 714 g/mol. The maximum atomic E-state index is 5.31. The van der Waals surface area contributed by atoms with E-state index in [1.165, 1.54) is 59.8 Å². The number of hydrogen-bond donors (Lipinski definition) is 1. The van der Waals surface area contributed by atoms with Gasteiger partial charge in [0.05, 0.1) is 17.4 Å². The van der Waals surface area contributed by atoms with E-state index in [1.807, 2.05) is 0 Å². The van der Waals surface area contributed by atoms with Gasteiger partial charge in [0.2, 0.25) is 0 Å². The molecule has 1 unspecified atom stereocenters. The van der Waals surface area contributed by atoms with Crippen molar-refractivity contribution in [3.63, 3.8) is 0 Å². The van der Waals surface area contributed by atoms with Crippen LogP contribution in [-0.4, -0.2) is 16.0 Å². The lowest BCUT2D eigenvalue weighted by Crippen LogP contribution is -2.27. The summed E-state index contributed by atoms with van der Waals surface area (Å²) >= 11 is 0. The van der Waals surface area contributed by atoms with Crippen LogP contribution < -0.4 is 5.32 Å². The number of fused-ring (bicyclic) bond motifs is 7. The lowest BCUT2D eigenvalue weighted by Gasteiger charge is -2.23. The number of hydrogen-bond acceptors (Lipinski definition) is 3. The van der Waals surface area contributed by atoms with E-state index in [9.17, 15) is 0 Å². The molecule has 1 aliphatic carbocycles. The highest BCUT2D eigenvalue weighted by atomic mass is 14.9. The van der Waals surface area contributed by atoms with Crippen molar-refractivity contribution in [2.75, 3.05) is 0 Å². The normalized spacial score (nSPS) is 14.8. The largest absolute Gasteiger partial charge is 0.380 e. The molecule has 0 bridgehead atoms. The van der Waals surface area contributed by atoms with Crippen LogP contribution in [0.4, 0.5) is 0 Å². The Labute approximate surface area is 325 Å². The summed E-state index contributed by atoms with van der Waals surface area (Å²) in [5, 5.41) is 13.4. The molecule has 8 aromatic carbocycles. The fourth-order valence-electron chi connectivity index (χ4n) is 8.47. The first-order valence-electron chi connectivity index (χ1n) is 19.2. The topological polar surface area (TPSA) is 37.8 Å². The number of nitrogens with one attached hydrogen (secondary N) is 1. The quantitative estimate of drug-likeness (QED) is 0.180. The zero-order chi connectivity index (χ0) is 37.0. The molecule has 9 aromatic rings. The lowest BCUT2D eigenvalue weighted by atomic mass is 9.92. The van der Waals surface area contributed by atoms with Gasteiger partial charge in [-0.1, -0.05) is 170 Å². The van der Waals surface area contributed by atoms with Gasteiger partial charge in [0, 0.05) is 22.9 Å². The molecule has 1 aromatic heterocycles. The molecule has 56 heavy (non-hydrogen) atoms. The van der Waals surface area contributed by atoms with Gasteiger partial charge in [-0.25, -0.2) is 9.97 Å². The molecule has 0 amide bonds. The average Bonchev–Trinajstić information content (AvgIpc) is 3.28. The van der Waals surface area contributed by atoms with E-state index >= 15 is 0 Å². The molecule has 3 heteroatoms. The first kappa shape index (κ1) is 32.1. The molecule has 1 aliphatic heterocycles. The van der Waals surface area contributed by atoms with Crippen molar-refractivity contribution in [1.29, 1.82) is 0 Å². The van der Waals surface area contributed by atoms with Crippen LogP contribution in [0.1, 0.15) is 5.56 Å². The fourth-order valence-corrected chi connectivity index (χ4v) is 8.47. The molecule has 3 nitrogen and oxygen atoms in total. The molecule has 0 spiro atoms. The Morgan fingerprint density at radius 2 is 0.964 bits per heavy atom. The highest BCUT2D eigenvalue weighted by molar-refractivity contribution is 6.15. The Kier molecular flexibility index (Phi) is 7.56. The second kappa shape index (κ2) is 13.2. The number of dihydropyridines is 1. The summed E-state index contributed by atoms with van der Waals surface area (Å²) in [5.41, 5.74) is 10.8. The maximum absolute atomic E-state index is 5.31. The summed E-state index contributed by atoms with van der Waals surface area (Å²) in [4.78, 5) is 10.6. The number of rotatable bonds is 5. The Morgan fingerprint density at radius 1 is 0.429 bits per heavy atom. The van der Waals surface area contributed by atoms with Gasteiger partial charge in [0.1, 0.15) is 0 Å². The van der Waals surface area contributed by atoms with E-state index in [1.54, 1.807) is 0 Å². The third-order valence-electron chi connectivity index (χ3n) is 11.3. The van der Waals surface area contributed by atoms with Gasteiger partial charge in [0.15, 0.2) is 5.82 Å². The van der Waals surface area contributed by atoms with Crippen LogP contribution in [0.15, 0.2) is 206 Å². The minimum absolute atomic E-state index is 0.227. The molecule has 0 fully saturated rings. The zero-order valence-corrected chi connectivity index (χ0v) is 30.5. The van der Waals surface area contributed by atoms with Crippen LogP contribution >= 0.6 is 0 Å². The molecule has 11 rings (SSSR count). The van der Waals surface area contributed by atoms with Crippen molar-refractivity contribution >= 4 is 48.7 Å². The summed E-state index contributed by atoms with van der Waals surface area (Å²) in [7, 11) is 0. The lowest BCUT2D eigenvalue weighted by molar-refractivity contribution is 0.798. The van der Waals surface area contributed by atoms with Crippen molar-refractivity contribution in [3.8, 4) is 45.0 Å². The summed E-state index contributed by atoms with van der Waals surface area (Å²) < 4.78 is 0. The second-order valence-electron chi connectivity index (χ2n) is 14.6. The summed E-state index contributed by atoms with van der Waals surface area (Å²) in [5.74, 6) is 0.695. The van der Waals surface area contributed by atoms with Crippen molar-refractivity contribution in [2.45, 2.75) is 6.04 Å². The Morgan fingerprint density at radius 3 is 1.66 bits per heavy atom. The molecule has 1 atom stereocenters. The van der Waals surface area contributed by atoms with E-state index in [0.717, 1.165) is 39.2 Å². The van der Waals surface area contributed by atoms with Crippen molar-refractivity contribution in [1.82, 2.24) is 15.3 Å². The van der Waals surface area contributed by atoms with Crippen LogP contribution in [0.3, 0.4) is 0 Å². The number of aromatic nitrogens is 2. The standard InChI is InChI=1S/C53H35N3/c1-4-14-42-38(11-1)30-48(46-18-8-6-16-44(42)46)35-23-25-36(26-24-35)51-32-52(49-31-39-12-2-5-15-43(39)45-17-7-9-19-47(45)49)56-53(55-51)37-27-21-34(22-28-37)41-29-40-13-3-10-20-50(40)54-33-41/h1-33,50,54H. The van der Waals surface area contributed by atoms with Gasteiger partial charge in [-0.15, -0.1) is 0 Å². The van der Waals surface area contributed by atoms with Gasteiger partial charge in [0.25, 0.3) is 0 Å². The maximum Gasteiger partial charge on any atom is 0.160 e. The summed E-state index contributed by atoms with van der Waals surface area (Å²) in [6, 6.07) is 59.1. The Hall–Kier alpha value is -7.36. The smallest absolute Gasteiger partial charge is 0.160 e. The predicted molar refractivity (Wildman–Crippen MR) is 235 cm³/mol. The van der Waals surface area contributed by atoms with Crippen molar-refractivity contribution in [2.24, 2.45) is 0 Å². The van der Waals surface area contributed by atoms with Crippen molar-refractivity contribution < 1.29 is 0 Å². The second-order valence-corrected chi connectivity index (χ2v) is 14.6. The SMILES string of the molecule is C1=CC2=CC(c3ccc(-c4nc(-c5ccc(-c6cc7ccccc7c7ccccc67)cc5)cc(-c5cc6ccccc6c6ccccc56)n4)cc3)=CNC2C=C1. The van der Waals surface area contributed by atoms with Crippen LogP contribution in [0, 0.1) is 0 Å². The fraction of sp³-hybridized carbons (Fsp3) is 0.0189. The van der Waals surface area contributed by atoms with Crippen LogP contribution in [0.25, 0.3) is 93.7 Å². The van der Waals surface area contributed by atoms with Gasteiger partial charge in [-0.2, -0.15) is 0 Å². The Balaban J connectivity index is 1.04. The number of allylic oxidation sites excluding steroid dienone is 4. The summed E-state index contributed by atoms with van der Waals surface area (Å²) in [6.45, 7) is 0. The number of benzene rings is 8. The van der Waals surface area contributed by atoms with Crippen molar-refractivity contribution in [3.05, 3.63) is 212 Å². The van der Waals surface area contributed by atoms with Gasteiger partial charge in [-0.05, 0) is 95.2 Å². The highest BCUT2D eigenvalue weighted by Crippen LogP contribution is 2.39. The monoisotopic (exact) mass is 713 g/mol. The zero-order valence-electron chi connectivity index (χ0n) is 30.5. The van der Waals surface area contributed by atoms with Crippen LogP contribution in [0.5, 0.6) is 0 Å². The van der Waals surface area contributed by atoms with E-state index in [-0.39, 0.29) is 6.04 Å². The van der Waals surface area contributed by atoms with Gasteiger partial charge < -0.3 is 5.32 Å². The summed E-state index contributed by atoms with van der Waals surface area (Å²) in [6.07, 6.45) is 12.9. The first-order valence-corrected chi connectivity index (χ1v) is 19.2. The van der Waals surface area contributed by atoms with Crippen LogP contribution in [0.2, 0.25) is 0 Å². The van der Waals surface area contributed by atoms with E-state index in [2.05, 4.69) is 206 Å². The minimum atomic E-state index is 0.227. The van der Waals surface area contributed by atoms with E-state index < -0.39 is 0 Å². The predicted octanol–water partition coefficient (Wildman–Crippen LogP) is 13.1. The van der Waals surface area contributed by atoms with E-state index in [4.69, 9.17) is 9.97 Å². The highest BCUT2D eigenvalue weighted by Gasteiger charge is 2.18. The first-order chi connectivity index (χ1) is 27.7. The molecular weight excluding hydrogens is 679 g/mol. The van der Waals surface area contributed by atoms with Crippen LogP contribution in [-0.2, 0) is 0 Å². The molecule has 1 N–H and O–H groups in total. The molecule has 2 heterocycles. The third kappa shape index (κ3) is 5.52. The molecule has 0 radical (unpaired) electrons. The number of nitrogens with zero attached hydrogens (tertiary/aromatic N) is 2. The molecular formula is C53H35N3. The minimum Gasteiger partial charge on any atom is -0.380 e. The molecule has 0 saturated carbocycles. The molecule has 0 saturated heterocycles. The third-order valence-corrected chi connectivity index (χ3v) is 11.3. The van der Waals surface area contributed by atoms with Gasteiger partial charge >= 0.3 is 0 Å². The molecule has 2 aliphatic rings. The van der Waals surface area contributed by atoms with Gasteiger partial charge in [-0.3, -0.25) is 0 Å². The van der Waals surface area contributed by atoms with E-state index in [0.29, 0.717) is 5.82 Å². The molecule has 262 valence electrons. The Bertz CT molecular complexity index is 3150.